The number of hydrogen-bond acceptors (Lipinski definition) is 3. The predicted molar refractivity (Wildman–Crippen MR) is 94.1 cm³/mol. The van der Waals surface area contributed by atoms with E-state index in [4.69, 9.17) is 16.3 Å². The Kier molecular flexibility index (Phi) is 6.28. The summed E-state index contributed by atoms with van der Waals surface area (Å²) in [5.41, 5.74) is 4.78. The Morgan fingerprint density at radius 2 is 1.95 bits per heavy atom. The molecule has 2 aromatic carbocycles. The molecule has 0 aliphatic carbocycles. The first kappa shape index (κ1) is 16.4. The molecule has 0 bridgehead atoms. The first-order valence-corrected chi connectivity index (χ1v) is 7.79. The van der Waals surface area contributed by atoms with E-state index in [9.17, 15) is 0 Å². The van der Waals surface area contributed by atoms with Crippen LogP contribution < -0.4 is 10.2 Å². The van der Waals surface area contributed by atoms with Gasteiger partial charge in [0, 0.05) is 10.6 Å². The van der Waals surface area contributed by atoms with Crippen LogP contribution in [0.2, 0.25) is 5.02 Å². The van der Waals surface area contributed by atoms with Crippen LogP contribution >= 0.6 is 11.6 Å². The lowest BCUT2D eigenvalue weighted by molar-refractivity contribution is 0.289. The Morgan fingerprint density at radius 1 is 1.18 bits per heavy atom. The third kappa shape index (κ3) is 5.41. The summed E-state index contributed by atoms with van der Waals surface area (Å²) in [5, 5.41) is 4.91. The fraction of sp³-hybridized carbons (Fsp3) is 0.278. The molecule has 22 heavy (non-hydrogen) atoms. The molecule has 0 amide bonds. The van der Waals surface area contributed by atoms with Crippen LogP contribution in [0.25, 0.3) is 0 Å². The molecule has 0 fully saturated rings. The lowest BCUT2D eigenvalue weighted by Crippen LogP contribution is -2.03. The highest BCUT2D eigenvalue weighted by Gasteiger charge is 2.04. The maximum Gasteiger partial charge on any atom is 0.128 e. The molecule has 2 aromatic rings. The Balaban J connectivity index is 2.03. The van der Waals surface area contributed by atoms with E-state index < -0.39 is 0 Å². The molecular weight excluding hydrogens is 296 g/mol. The minimum Gasteiger partial charge on any atom is -0.493 e. The minimum absolute atomic E-state index is 0.615. The molecule has 3 nitrogen and oxygen atoms in total. The second-order valence-corrected chi connectivity index (χ2v) is 5.89. The average molecular weight is 317 g/mol. The molecule has 0 saturated heterocycles. The van der Waals surface area contributed by atoms with E-state index in [-0.39, 0.29) is 0 Å². The standard InChI is InChI=1S/C18H21ClN2O/c1-14(2)10-11-22-18-9-8-16(19)12-15(18)13-20-21-17-6-4-3-5-7-17/h3-9,12-14,21H,10-11H2,1-2H3. The van der Waals surface area contributed by atoms with Crippen molar-refractivity contribution in [2.24, 2.45) is 11.0 Å². The van der Waals surface area contributed by atoms with Gasteiger partial charge in [0.1, 0.15) is 5.75 Å². The summed E-state index contributed by atoms with van der Waals surface area (Å²) in [6, 6.07) is 15.3. The lowest BCUT2D eigenvalue weighted by Gasteiger charge is -2.10. The number of para-hydroxylation sites is 1. The molecule has 2 rings (SSSR count). The van der Waals surface area contributed by atoms with Gasteiger partial charge in [-0.3, -0.25) is 5.43 Å². The summed E-state index contributed by atoms with van der Waals surface area (Å²) in [6.07, 6.45) is 2.74. The normalized spacial score (nSPS) is 11.1. The van der Waals surface area contributed by atoms with Crippen LogP contribution in [-0.4, -0.2) is 12.8 Å². The van der Waals surface area contributed by atoms with E-state index in [0.717, 1.165) is 23.4 Å². The maximum absolute atomic E-state index is 6.06. The fourth-order valence-electron chi connectivity index (χ4n) is 1.85. The van der Waals surface area contributed by atoms with Gasteiger partial charge in [-0.2, -0.15) is 5.10 Å². The van der Waals surface area contributed by atoms with Crippen molar-refractivity contribution in [1.82, 2.24) is 0 Å². The first-order chi connectivity index (χ1) is 10.6. The van der Waals surface area contributed by atoms with Crippen LogP contribution in [0.5, 0.6) is 5.75 Å². The lowest BCUT2D eigenvalue weighted by atomic mass is 10.1. The van der Waals surface area contributed by atoms with E-state index in [0.29, 0.717) is 17.5 Å². The van der Waals surface area contributed by atoms with Crippen LogP contribution in [0.3, 0.4) is 0 Å². The zero-order chi connectivity index (χ0) is 15.8. The van der Waals surface area contributed by atoms with Crippen molar-refractivity contribution in [3.05, 3.63) is 59.1 Å². The molecule has 0 aliphatic heterocycles. The Labute approximate surface area is 137 Å². The predicted octanol–water partition coefficient (Wildman–Crippen LogP) is 5.21. The Morgan fingerprint density at radius 3 is 2.68 bits per heavy atom. The molecule has 4 heteroatoms. The zero-order valence-corrected chi connectivity index (χ0v) is 13.7. The van der Waals surface area contributed by atoms with Gasteiger partial charge in [0.15, 0.2) is 0 Å². The van der Waals surface area contributed by atoms with E-state index in [1.165, 1.54) is 0 Å². The highest BCUT2D eigenvalue weighted by molar-refractivity contribution is 6.30. The summed E-state index contributed by atoms with van der Waals surface area (Å²) >= 11 is 6.06. The number of hydrogen-bond donors (Lipinski definition) is 1. The second-order valence-electron chi connectivity index (χ2n) is 5.45. The summed E-state index contributed by atoms with van der Waals surface area (Å²) in [4.78, 5) is 0. The van der Waals surface area contributed by atoms with Gasteiger partial charge in [-0.25, -0.2) is 0 Å². The van der Waals surface area contributed by atoms with Gasteiger partial charge in [0.2, 0.25) is 0 Å². The molecule has 0 spiro atoms. The number of ether oxygens (including phenoxy) is 1. The molecular formula is C18H21ClN2O. The van der Waals surface area contributed by atoms with E-state index in [1.807, 2.05) is 48.5 Å². The first-order valence-electron chi connectivity index (χ1n) is 7.41. The Hall–Kier alpha value is -2.00. The quantitative estimate of drug-likeness (QED) is 0.562. The van der Waals surface area contributed by atoms with Gasteiger partial charge in [-0.05, 0) is 42.7 Å². The van der Waals surface area contributed by atoms with E-state index >= 15 is 0 Å². The summed E-state index contributed by atoms with van der Waals surface area (Å²) in [6.45, 7) is 5.04. The molecule has 0 unspecified atom stereocenters. The van der Waals surface area contributed by atoms with Gasteiger partial charge in [0.25, 0.3) is 0 Å². The van der Waals surface area contributed by atoms with Crippen molar-refractivity contribution >= 4 is 23.5 Å². The van der Waals surface area contributed by atoms with Crippen LogP contribution in [0.1, 0.15) is 25.8 Å². The topological polar surface area (TPSA) is 33.6 Å². The molecule has 1 N–H and O–H groups in total. The van der Waals surface area contributed by atoms with Crippen LogP contribution in [0.4, 0.5) is 5.69 Å². The largest absolute Gasteiger partial charge is 0.493 e. The third-order valence-electron chi connectivity index (χ3n) is 3.10. The van der Waals surface area contributed by atoms with Crippen molar-refractivity contribution in [1.29, 1.82) is 0 Å². The van der Waals surface area contributed by atoms with Gasteiger partial charge in [-0.15, -0.1) is 0 Å². The van der Waals surface area contributed by atoms with Crippen molar-refractivity contribution in [3.63, 3.8) is 0 Å². The number of halogens is 1. The third-order valence-corrected chi connectivity index (χ3v) is 3.33. The van der Waals surface area contributed by atoms with E-state index in [2.05, 4.69) is 24.4 Å². The van der Waals surface area contributed by atoms with Crippen LogP contribution in [0.15, 0.2) is 53.6 Å². The number of nitrogens with one attached hydrogen (secondary N) is 1. The van der Waals surface area contributed by atoms with Crippen LogP contribution in [0, 0.1) is 5.92 Å². The number of anilines is 1. The monoisotopic (exact) mass is 316 g/mol. The van der Waals surface area contributed by atoms with Crippen molar-refractivity contribution < 1.29 is 4.74 Å². The SMILES string of the molecule is CC(C)CCOc1ccc(Cl)cc1C=NNc1ccccc1. The smallest absolute Gasteiger partial charge is 0.128 e. The molecule has 0 aromatic heterocycles. The van der Waals surface area contributed by atoms with Crippen molar-refractivity contribution in [2.75, 3.05) is 12.0 Å². The van der Waals surface area contributed by atoms with Gasteiger partial charge in [-0.1, -0.05) is 43.6 Å². The van der Waals surface area contributed by atoms with Gasteiger partial charge >= 0.3 is 0 Å². The number of benzene rings is 2. The van der Waals surface area contributed by atoms with Crippen LogP contribution in [-0.2, 0) is 0 Å². The molecule has 0 radical (unpaired) electrons. The van der Waals surface area contributed by atoms with Gasteiger partial charge in [0.05, 0.1) is 18.5 Å². The Bertz CT molecular complexity index is 612. The fourth-order valence-corrected chi connectivity index (χ4v) is 2.03. The second kappa shape index (κ2) is 8.44. The molecule has 0 aliphatic rings. The molecule has 116 valence electrons. The summed E-state index contributed by atoms with van der Waals surface area (Å²) in [5.74, 6) is 1.41. The summed E-state index contributed by atoms with van der Waals surface area (Å²) in [7, 11) is 0. The van der Waals surface area contributed by atoms with Gasteiger partial charge < -0.3 is 4.74 Å². The van der Waals surface area contributed by atoms with Crippen molar-refractivity contribution in [2.45, 2.75) is 20.3 Å². The van der Waals surface area contributed by atoms with E-state index in [1.54, 1.807) is 6.21 Å². The summed E-state index contributed by atoms with van der Waals surface area (Å²) < 4.78 is 5.83. The number of rotatable bonds is 7. The molecule has 0 atom stereocenters. The number of nitrogens with zero attached hydrogens (tertiary/aromatic N) is 1. The zero-order valence-electron chi connectivity index (χ0n) is 12.9. The van der Waals surface area contributed by atoms with Crippen molar-refractivity contribution in [3.8, 4) is 5.75 Å². The number of hydrazone groups is 1. The molecule has 0 heterocycles. The minimum atomic E-state index is 0.615. The highest BCUT2D eigenvalue weighted by Crippen LogP contribution is 2.22. The highest BCUT2D eigenvalue weighted by atomic mass is 35.5. The maximum atomic E-state index is 6.06. The molecule has 0 saturated carbocycles. The average Bonchev–Trinajstić information content (AvgIpc) is 2.50.